The fourth-order valence-corrected chi connectivity index (χ4v) is 2.38. The minimum Gasteiger partial charge on any atom is -0.497 e. The van der Waals surface area contributed by atoms with Gasteiger partial charge in [0.15, 0.2) is 0 Å². The number of nitrogen functional groups attached to an aromatic ring is 1. The molecule has 0 fully saturated rings. The molecule has 2 aromatic rings. The third kappa shape index (κ3) is 2.91. The van der Waals surface area contributed by atoms with Gasteiger partial charge >= 0.3 is 0 Å². The molecule has 2 rings (SSSR count). The van der Waals surface area contributed by atoms with E-state index in [-0.39, 0.29) is 6.04 Å². The largest absolute Gasteiger partial charge is 0.497 e. The van der Waals surface area contributed by atoms with E-state index < -0.39 is 0 Å². The summed E-state index contributed by atoms with van der Waals surface area (Å²) in [5.74, 6) is 1.41. The first-order valence-electron chi connectivity index (χ1n) is 6.75. The van der Waals surface area contributed by atoms with Gasteiger partial charge in [-0.25, -0.2) is 4.98 Å². The Balaban J connectivity index is 2.50. The summed E-state index contributed by atoms with van der Waals surface area (Å²) in [5.41, 5.74) is 9.36. The van der Waals surface area contributed by atoms with E-state index in [0.29, 0.717) is 5.82 Å². The van der Waals surface area contributed by atoms with Crippen LogP contribution in [0.5, 0.6) is 5.75 Å². The predicted molar refractivity (Wildman–Crippen MR) is 81.9 cm³/mol. The van der Waals surface area contributed by atoms with Crippen LogP contribution in [0.25, 0.3) is 0 Å². The van der Waals surface area contributed by atoms with Crippen molar-refractivity contribution in [3.63, 3.8) is 0 Å². The Bertz CT molecular complexity index is 563. The number of pyridine rings is 1. The summed E-state index contributed by atoms with van der Waals surface area (Å²) in [6.45, 7) is 4.97. The summed E-state index contributed by atoms with van der Waals surface area (Å²) in [7, 11) is 1.67. The van der Waals surface area contributed by atoms with Crippen molar-refractivity contribution >= 4 is 5.82 Å². The molecule has 0 radical (unpaired) electrons. The van der Waals surface area contributed by atoms with Crippen molar-refractivity contribution in [3.8, 4) is 5.75 Å². The zero-order chi connectivity index (χ0) is 14.5. The monoisotopic (exact) mass is 271 g/mol. The van der Waals surface area contributed by atoms with E-state index in [0.717, 1.165) is 29.0 Å². The fourth-order valence-electron chi connectivity index (χ4n) is 2.38. The van der Waals surface area contributed by atoms with Crippen LogP contribution in [-0.2, 0) is 0 Å². The van der Waals surface area contributed by atoms with Gasteiger partial charge in [0.05, 0.1) is 13.2 Å². The quantitative estimate of drug-likeness (QED) is 0.877. The first-order valence-corrected chi connectivity index (χ1v) is 6.75. The number of nitrogens with two attached hydrogens (primary N) is 1. The van der Waals surface area contributed by atoms with Crippen molar-refractivity contribution in [1.29, 1.82) is 0 Å². The van der Waals surface area contributed by atoms with Gasteiger partial charge < -0.3 is 15.8 Å². The SMILES string of the molecule is CCNC(c1cccc(OC)c1)c1c(C)ccnc1N. The molecule has 0 aliphatic carbocycles. The Morgan fingerprint density at radius 3 is 2.80 bits per heavy atom. The van der Waals surface area contributed by atoms with E-state index in [9.17, 15) is 0 Å². The summed E-state index contributed by atoms with van der Waals surface area (Å²) in [4.78, 5) is 4.22. The van der Waals surface area contributed by atoms with Crippen molar-refractivity contribution in [2.75, 3.05) is 19.4 Å². The summed E-state index contributed by atoms with van der Waals surface area (Å²) in [6, 6.07) is 10.0. The zero-order valence-electron chi connectivity index (χ0n) is 12.2. The first kappa shape index (κ1) is 14.3. The van der Waals surface area contributed by atoms with Crippen LogP contribution in [0.4, 0.5) is 5.82 Å². The molecule has 20 heavy (non-hydrogen) atoms. The zero-order valence-corrected chi connectivity index (χ0v) is 12.2. The summed E-state index contributed by atoms with van der Waals surface area (Å²) >= 11 is 0. The minimum atomic E-state index is 0.0174. The second-order valence-electron chi connectivity index (χ2n) is 4.69. The molecule has 4 nitrogen and oxygen atoms in total. The predicted octanol–water partition coefficient (Wildman–Crippen LogP) is 2.68. The van der Waals surface area contributed by atoms with E-state index in [1.165, 1.54) is 0 Å². The summed E-state index contributed by atoms with van der Waals surface area (Å²) in [6.07, 6.45) is 1.74. The van der Waals surface area contributed by atoms with Crippen LogP contribution in [0.15, 0.2) is 36.5 Å². The van der Waals surface area contributed by atoms with E-state index in [1.807, 2.05) is 24.3 Å². The Kier molecular flexibility index (Phi) is 4.58. The highest BCUT2D eigenvalue weighted by Crippen LogP contribution is 2.30. The summed E-state index contributed by atoms with van der Waals surface area (Å²) in [5, 5.41) is 3.47. The molecular weight excluding hydrogens is 250 g/mol. The van der Waals surface area contributed by atoms with Gasteiger partial charge in [-0.2, -0.15) is 0 Å². The van der Waals surface area contributed by atoms with E-state index in [1.54, 1.807) is 13.3 Å². The lowest BCUT2D eigenvalue weighted by Gasteiger charge is -2.22. The van der Waals surface area contributed by atoms with Crippen molar-refractivity contribution in [2.45, 2.75) is 19.9 Å². The van der Waals surface area contributed by atoms with Gasteiger partial charge in [0.25, 0.3) is 0 Å². The van der Waals surface area contributed by atoms with Crippen LogP contribution in [0, 0.1) is 6.92 Å². The third-order valence-corrected chi connectivity index (χ3v) is 3.36. The second kappa shape index (κ2) is 6.39. The topological polar surface area (TPSA) is 60.2 Å². The highest BCUT2D eigenvalue weighted by atomic mass is 16.5. The third-order valence-electron chi connectivity index (χ3n) is 3.36. The number of anilines is 1. The molecule has 1 unspecified atom stereocenters. The van der Waals surface area contributed by atoms with E-state index in [2.05, 4.69) is 30.2 Å². The Morgan fingerprint density at radius 2 is 2.15 bits per heavy atom. The Morgan fingerprint density at radius 1 is 1.35 bits per heavy atom. The van der Waals surface area contributed by atoms with Gasteiger partial charge in [-0.15, -0.1) is 0 Å². The molecule has 106 valence electrons. The maximum Gasteiger partial charge on any atom is 0.128 e. The number of aryl methyl sites for hydroxylation is 1. The van der Waals surface area contributed by atoms with Crippen LogP contribution < -0.4 is 15.8 Å². The van der Waals surface area contributed by atoms with Crippen LogP contribution in [0.2, 0.25) is 0 Å². The molecule has 0 bridgehead atoms. The first-order chi connectivity index (χ1) is 9.67. The highest BCUT2D eigenvalue weighted by molar-refractivity contribution is 5.50. The standard InChI is InChI=1S/C16H21N3O/c1-4-18-15(12-6-5-7-13(10-12)20-3)14-11(2)8-9-19-16(14)17/h5-10,15,18H,4H2,1-3H3,(H2,17,19). The van der Waals surface area contributed by atoms with E-state index >= 15 is 0 Å². The number of nitrogens with zero attached hydrogens (tertiary/aromatic N) is 1. The number of nitrogens with one attached hydrogen (secondary N) is 1. The lowest BCUT2D eigenvalue weighted by molar-refractivity contribution is 0.413. The molecule has 3 N–H and O–H groups in total. The highest BCUT2D eigenvalue weighted by Gasteiger charge is 2.19. The molecule has 1 atom stereocenters. The van der Waals surface area contributed by atoms with Crippen LogP contribution in [0.1, 0.15) is 29.7 Å². The molecule has 4 heteroatoms. The number of benzene rings is 1. The Labute approximate surface area is 120 Å². The molecule has 0 aliphatic rings. The normalized spacial score (nSPS) is 12.2. The average Bonchev–Trinajstić information content (AvgIpc) is 2.46. The van der Waals surface area contributed by atoms with Crippen molar-refractivity contribution in [3.05, 3.63) is 53.2 Å². The molecule has 0 spiro atoms. The minimum absolute atomic E-state index is 0.0174. The van der Waals surface area contributed by atoms with Gasteiger partial charge in [0.1, 0.15) is 11.6 Å². The molecule has 0 aliphatic heterocycles. The van der Waals surface area contributed by atoms with Gasteiger partial charge in [-0.05, 0) is 42.8 Å². The molecule has 1 aromatic carbocycles. The van der Waals surface area contributed by atoms with Crippen LogP contribution in [-0.4, -0.2) is 18.6 Å². The van der Waals surface area contributed by atoms with Gasteiger partial charge in [0, 0.05) is 11.8 Å². The average molecular weight is 271 g/mol. The molecule has 1 aromatic heterocycles. The number of methoxy groups -OCH3 is 1. The number of rotatable bonds is 5. The second-order valence-corrected chi connectivity index (χ2v) is 4.69. The van der Waals surface area contributed by atoms with Gasteiger partial charge in [0.2, 0.25) is 0 Å². The van der Waals surface area contributed by atoms with E-state index in [4.69, 9.17) is 10.5 Å². The number of hydrogen-bond donors (Lipinski definition) is 2. The number of aromatic nitrogens is 1. The van der Waals surface area contributed by atoms with Crippen molar-refractivity contribution < 1.29 is 4.74 Å². The van der Waals surface area contributed by atoms with Crippen LogP contribution >= 0.6 is 0 Å². The van der Waals surface area contributed by atoms with Gasteiger partial charge in [-0.3, -0.25) is 0 Å². The maximum atomic E-state index is 6.08. The maximum absolute atomic E-state index is 6.08. The van der Waals surface area contributed by atoms with Crippen molar-refractivity contribution in [1.82, 2.24) is 10.3 Å². The lowest BCUT2D eigenvalue weighted by atomic mass is 9.95. The molecule has 0 saturated heterocycles. The molecule has 1 heterocycles. The molecule has 0 amide bonds. The fraction of sp³-hybridized carbons (Fsp3) is 0.312. The van der Waals surface area contributed by atoms with Crippen LogP contribution in [0.3, 0.4) is 0 Å². The molecular formula is C16H21N3O. The summed E-state index contributed by atoms with van der Waals surface area (Å²) < 4.78 is 5.30. The lowest BCUT2D eigenvalue weighted by Crippen LogP contribution is -2.24. The van der Waals surface area contributed by atoms with Gasteiger partial charge in [-0.1, -0.05) is 19.1 Å². The number of hydrogen-bond acceptors (Lipinski definition) is 4. The Hall–Kier alpha value is -2.07. The smallest absolute Gasteiger partial charge is 0.128 e. The number of ether oxygens (including phenoxy) is 1. The van der Waals surface area contributed by atoms with Crippen molar-refractivity contribution in [2.24, 2.45) is 0 Å². The molecule has 0 saturated carbocycles.